The van der Waals surface area contributed by atoms with E-state index in [-0.39, 0.29) is 6.10 Å². The first-order valence-corrected chi connectivity index (χ1v) is 4.80. The van der Waals surface area contributed by atoms with E-state index in [1.165, 1.54) is 12.8 Å². The van der Waals surface area contributed by atoms with Crippen LogP contribution < -0.4 is 0 Å². The third-order valence-corrected chi connectivity index (χ3v) is 3.31. The van der Waals surface area contributed by atoms with Crippen molar-refractivity contribution in [3.05, 3.63) is 24.8 Å². The van der Waals surface area contributed by atoms with E-state index in [9.17, 15) is 5.11 Å². The first-order valence-electron chi connectivity index (χ1n) is 4.80. The lowest BCUT2D eigenvalue weighted by Gasteiger charge is -2.39. The van der Waals surface area contributed by atoms with Crippen molar-refractivity contribution in [2.24, 2.45) is 17.8 Å². The fourth-order valence-electron chi connectivity index (χ4n) is 2.54. The molecule has 66 valence electrons. The molecule has 12 heavy (non-hydrogen) atoms. The number of aliphatic hydroxyl groups is 1. The lowest BCUT2D eigenvalue weighted by molar-refractivity contribution is 0.0783. The molecule has 3 rings (SSSR count). The molecule has 0 aromatic carbocycles. The molecule has 1 heteroatoms. The Balaban J connectivity index is 2.10. The minimum atomic E-state index is -0.289. The smallest absolute Gasteiger partial charge is 0.0752 e. The lowest BCUT2D eigenvalue weighted by Crippen LogP contribution is -2.34. The van der Waals surface area contributed by atoms with Crippen LogP contribution in [0.3, 0.4) is 0 Å². The van der Waals surface area contributed by atoms with Crippen molar-refractivity contribution >= 4 is 0 Å². The van der Waals surface area contributed by atoms with E-state index in [0.29, 0.717) is 11.8 Å². The molecule has 1 N–H and O–H groups in total. The van der Waals surface area contributed by atoms with Gasteiger partial charge in [-0.1, -0.05) is 18.2 Å². The van der Waals surface area contributed by atoms with E-state index >= 15 is 0 Å². The number of fused-ring (bicyclic) bond motifs is 2. The molecule has 2 bridgehead atoms. The monoisotopic (exact) mass is 164 g/mol. The number of allylic oxidation sites excluding steroid dienone is 2. The average Bonchev–Trinajstić information content (AvgIpc) is 2.18. The van der Waals surface area contributed by atoms with Gasteiger partial charge in [0.2, 0.25) is 0 Å². The summed E-state index contributed by atoms with van der Waals surface area (Å²) in [6.07, 6.45) is 9.74. The molecule has 4 atom stereocenters. The molecule has 0 saturated heterocycles. The molecule has 0 aromatic heterocycles. The van der Waals surface area contributed by atoms with E-state index < -0.39 is 0 Å². The van der Waals surface area contributed by atoms with Crippen molar-refractivity contribution in [2.45, 2.75) is 25.4 Å². The second-order valence-electron chi connectivity index (χ2n) is 4.01. The standard InChI is InChI=1S/C11H16O/c1-2-11(12)10-7-8-3-5-9(10)6-4-8/h2-3,5,8-12H,1,4,6-7H2/t8-,9+,10-,11?/m1/s1. The minimum Gasteiger partial charge on any atom is -0.389 e. The van der Waals surface area contributed by atoms with Crippen LogP contribution in [-0.2, 0) is 0 Å². The molecular weight excluding hydrogens is 148 g/mol. The minimum absolute atomic E-state index is 0.289. The van der Waals surface area contributed by atoms with Gasteiger partial charge in [0.1, 0.15) is 0 Å². The van der Waals surface area contributed by atoms with Crippen LogP contribution in [0.5, 0.6) is 0 Å². The van der Waals surface area contributed by atoms with Crippen LogP contribution in [-0.4, -0.2) is 11.2 Å². The van der Waals surface area contributed by atoms with Gasteiger partial charge in [-0.15, -0.1) is 6.58 Å². The molecule has 0 spiro atoms. The summed E-state index contributed by atoms with van der Waals surface area (Å²) < 4.78 is 0. The predicted octanol–water partition coefficient (Wildman–Crippen LogP) is 2.14. The van der Waals surface area contributed by atoms with Gasteiger partial charge in [0.15, 0.2) is 0 Å². The van der Waals surface area contributed by atoms with Crippen molar-refractivity contribution in [3.8, 4) is 0 Å². The van der Waals surface area contributed by atoms with E-state index in [4.69, 9.17) is 0 Å². The van der Waals surface area contributed by atoms with Gasteiger partial charge < -0.3 is 5.11 Å². The number of hydrogen-bond acceptors (Lipinski definition) is 1. The molecular formula is C11H16O. The Morgan fingerprint density at radius 3 is 2.67 bits per heavy atom. The molecule has 0 radical (unpaired) electrons. The van der Waals surface area contributed by atoms with Crippen molar-refractivity contribution < 1.29 is 5.11 Å². The Labute approximate surface area is 73.8 Å². The molecule has 0 aliphatic heterocycles. The summed E-state index contributed by atoms with van der Waals surface area (Å²) in [4.78, 5) is 0. The van der Waals surface area contributed by atoms with Gasteiger partial charge in [-0.2, -0.15) is 0 Å². The average molecular weight is 164 g/mol. The van der Waals surface area contributed by atoms with Crippen LogP contribution in [0.2, 0.25) is 0 Å². The maximum Gasteiger partial charge on any atom is 0.0752 e. The molecule has 0 amide bonds. The molecule has 1 saturated carbocycles. The largest absolute Gasteiger partial charge is 0.389 e. The lowest BCUT2D eigenvalue weighted by atomic mass is 9.67. The zero-order chi connectivity index (χ0) is 8.55. The van der Waals surface area contributed by atoms with Gasteiger partial charge in [-0.05, 0) is 37.0 Å². The zero-order valence-electron chi connectivity index (χ0n) is 7.32. The van der Waals surface area contributed by atoms with Gasteiger partial charge >= 0.3 is 0 Å². The van der Waals surface area contributed by atoms with E-state index in [2.05, 4.69) is 18.7 Å². The van der Waals surface area contributed by atoms with Crippen LogP contribution in [0.4, 0.5) is 0 Å². The van der Waals surface area contributed by atoms with E-state index in [0.717, 1.165) is 12.3 Å². The molecule has 1 nitrogen and oxygen atoms in total. The second-order valence-corrected chi connectivity index (χ2v) is 4.01. The highest BCUT2D eigenvalue weighted by molar-refractivity contribution is 5.09. The Hall–Kier alpha value is -0.560. The Morgan fingerprint density at radius 2 is 2.25 bits per heavy atom. The second kappa shape index (κ2) is 3.06. The number of hydrogen-bond donors (Lipinski definition) is 1. The number of rotatable bonds is 2. The maximum absolute atomic E-state index is 9.65. The topological polar surface area (TPSA) is 20.2 Å². The summed E-state index contributed by atoms with van der Waals surface area (Å²) in [5.74, 6) is 1.80. The van der Waals surface area contributed by atoms with Crippen LogP contribution in [0.1, 0.15) is 19.3 Å². The third-order valence-electron chi connectivity index (χ3n) is 3.31. The van der Waals surface area contributed by atoms with Crippen LogP contribution in [0.15, 0.2) is 24.8 Å². The first-order chi connectivity index (χ1) is 5.81. The van der Waals surface area contributed by atoms with Crippen LogP contribution >= 0.6 is 0 Å². The number of aliphatic hydroxyl groups excluding tert-OH is 1. The summed E-state index contributed by atoms with van der Waals surface area (Å²) in [5.41, 5.74) is 0. The van der Waals surface area contributed by atoms with Crippen LogP contribution in [0.25, 0.3) is 0 Å². The van der Waals surface area contributed by atoms with Gasteiger partial charge in [0.25, 0.3) is 0 Å². The van der Waals surface area contributed by atoms with Crippen LogP contribution in [0, 0.1) is 17.8 Å². The third kappa shape index (κ3) is 1.22. The highest BCUT2D eigenvalue weighted by atomic mass is 16.3. The highest BCUT2D eigenvalue weighted by Gasteiger charge is 2.34. The Bertz CT molecular complexity index is 207. The summed E-state index contributed by atoms with van der Waals surface area (Å²) in [6.45, 7) is 3.65. The van der Waals surface area contributed by atoms with Crippen molar-refractivity contribution in [1.29, 1.82) is 0 Å². The summed E-state index contributed by atoms with van der Waals surface area (Å²) in [7, 11) is 0. The molecule has 1 fully saturated rings. The normalized spacial score (nSPS) is 41.2. The first kappa shape index (κ1) is 8.06. The zero-order valence-corrected chi connectivity index (χ0v) is 7.32. The summed E-state index contributed by atoms with van der Waals surface area (Å²) in [6, 6.07) is 0. The highest BCUT2D eigenvalue weighted by Crippen LogP contribution is 2.41. The SMILES string of the molecule is C=CC(O)[C@@H]1C[C@@H]2C=C[C@H]1CC2. The van der Waals surface area contributed by atoms with Gasteiger partial charge in [-0.3, -0.25) is 0 Å². The van der Waals surface area contributed by atoms with E-state index in [1.807, 2.05) is 0 Å². The molecule has 0 aromatic rings. The van der Waals surface area contributed by atoms with E-state index in [1.54, 1.807) is 6.08 Å². The van der Waals surface area contributed by atoms with Crippen molar-refractivity contribution in [3.63, 3.8) is 0 Å². The molecule has 3 aliphatic rings. The molecule has 1 unspecified atom stereocenters. The van der Waals surface area contributed by atoms with Gasteiger partial charge in [-0.25, -0.2) is 0 Å². The predicted molar refractivity (Wildman–Crippen MR) is 49.7 cm³/mol. The maximum atomic E-state index is 9.65. The quantitative estimate of drug-likeness (QED) is 0.620. The van der Waals surface area contributed by atoms with Crippen molar-refractivity contribution in [1.82, 2.24) is 0 Å². The summed E-state index contributed by atoms with van der Waals surface area (Å²) in [5, 5.41) is 9.65. The Kier molecular flexibility index (Phi) is 2.05. The van der Waals surface area contributed by atoms with Crippen molar-refractivity contribution in [2.75, 3.05) is 0 Å². The fraction of sp³-hybridized carbons (Fsp3) is 0.636. The Morgan fingerprint density at radius 1 is 1.42 bits per heavy atom. The molecule has 3 aliphatic carbocycles. The summed E-state index contributed by atoms with van der Waals surface area (Å²) >= 11 is 0. The molecule has 0 heterocycles. The van der Waals surface area contributed by atoms with Gasteiger partial charge in [0, 0.05) is 0 Å². The van der Waals surface area contributed by atoms with Gasteiger partial charge in [0.05, 0.1) is 6.10 Å². The fourth-order valence-corrected chi connectivity index (χ4v) is 2.54.